The maximum atomic E-state index is 13.3. The van der Waals surface area contributed by atoms with Crippen LogP contribution in [0.4, 0.5) is 5.69 Å². The number of rotatable bonds is 4. The quantitative estimate of drug-likeness (QED) is 0.641. The molecule has 0 bridgehead atoms. The molecule has 6 heteroatoms. The Balaban J connectivity index is 1.46. The number of aromatic nitrogens is 1. The normalized spacial score (nSPS) is 17.2. The van der Waals surface area contributed by atoms with Crippen LogP contribution in [0.25, 0.3) is 11.3 Å². The van der Waals surface area contributed by atoms with Crippen LogP contribution in [-0.4, -0.2) is 19.9 Å². The van der Waals surface area contributed by atoms with Crippen LogP contribution in [0.15, 0.2) is 64.0 Å². The van der Waals surface area contributed by atoms with Gasteiger partial charge in [-0.1, -0.05) is 18.2 Å². The Kier molecular flexibility index (Phi) is 4.23. The third-order valence-electron chi connectivity index (χ3n) is 5.49. The molecule has 0 amide bonds. The molecule has 0 N–H and O–H groups in total. The molecule has 2 heterocycles. The van der Waals surface area contributed by atoms with Gasteiger partial charge in [0.1, 0.15) is 0 Å². The number of sulfonamides is 1. The van der Waals surface area contributed by atoms with E-state index in [0.29, 0.717) is 23.1 Å². The van der Waals surface area contributed by atoms with Crippen molar-refractivity contribution in [1.29, 1.82) is 0 Å². The van der Waals surface area contributed by atoms with E-state index in [9.17, 15) is 8.42 Å². The van der Waals surface area contributed by atoms with Crippen LogP contribution in [0.3, 0.4) is 0 Å². The van der Waals surface area contributed by atoms with Crippen LogP contribution in [0.1, 0.15) is 43.1 Å². The van der Waals surface area contributed by atoms with Gasteiger partial charge in [-0.2, -0.15) is 0 Å². The molecular weight excluding hydrogens is 372 g/mol. The average Bonchev–Trinajstić information content (AvgIpc) is 3.49. The van der Waals surface area contributed by atoms with Gasteiger partial charge in [0.2, 0.25) is 0 Å². The maximum absolute atomic E-state index is 13.3. The number of oxazole rings is 1. The smallest absolute Gasteiger partial charge is 0.264 e. The summed E-state index contributed by atoms with van der Waals surface area (Å²) in [5.74, 6) is 1.93. The van der Waals surface area contributed by atoms with Crippen LogP contribution in [0, 0.1) is 0 Å². The molecule has 1 fully saturated rings. The number of aryl methyl sites for hydroxylation is 1. The minimum atomic E-state index is -3.61. The van der Waals surface area contributed by atoms with E-state index in [-0.39, 0.29) is 0 Å². The maximum Gasteiger partial charge on any atom is 0.264 e. The zero-order valence-corrected chi connectivity index (χ0v) is 16.4. The van der Waals surface area contributed by atoms with Gasteiger partial charge in [-0.05, 0) is 68.0 Å². The Morgan fingerprint density at radius 2 is 1.79 bits per heavy atom. The lowest BCUT2D eigenvalue weighted by atomic mass is 10.1. The van der Waals surface area contributed by atoms with Gasteiger partial charge in [0.05, 0.1) is 16.8 Å². The second-order valence-corrected chi connectivity index (χ2v) is 9.39. The molecule has 0 unspecified atom stereocenters. The third kappa shape index (κ3) is 3.11. The van der Waals surface area contributed by atoms with Gasteiger partial charge in [-0.25, -0.2) is 13.4 Å². The van der Waals surface area contributed by atoms with E-state index < -0.39 is 10.0 Å². The Labute approximate surface area is 165 Å². The van der Waals surface area contributed by atoms with Gasteiger partial charge in [-0.3, -0.25) is 4.31 Å². The van der Waals surface area contributed by atoms with E-state index in [1.54, 1.807) is 34.8 Å². The summed E-state index contributed by atoms with van der Waals surface area (Å²) in [6.45, 7) is 0.508. The van der Waals surface area contributed by atoms with Crippen molar-refractivity contribution in [1.82, 2.24) is 4.98 Å². The molecule has 0 spiro atoms. The van der Waals surface area contributed by atoms with E-state index in [1.807, 2.05) is 24.3 Å². The van der Waals surface area contributed by atoms with Crippen LogP contribution < -0.4 is 4.31 Å². The van der Waals surface area contributed by atoms with Gasteiger partial charge in [0, 0.05) is 18.0 Å². The zero-order valence-electron chi connectivity index (χ0n) is 15.5. The number of hydrogen-bond donors (Lipinski definition) is 0. The Bertz CT molecular complexity index is 1100. The van der Waals surface area contributed by atoms with Crippen molar-refractivity contribution < 1.29 is 12.8 Å². The average molecular weight is 394 g/mol. The number of nitrogens with zero attached hydrogens (tertiary/aromatic N) is 2. The van der Waals surface area contributed by atoms with Crippen LogP contribution in [0.2, 0.25) is 0 Å². The number of anilines is 1. The molecular formula is C22H22N2O3S. The van der Waals surface area contributed by atoms with E-state index in [0.717, 1.165) is 54.8 Å². The zero-order chi connectivity index (χ0) is 19.1. The first-order valence-electron chi connectivity index (χ1n) is 9.80. The highest BCUT2D eigenvalue weighted by molar-refractivity contribution is 7.92. The number of fused-ring (bicyclic) bond motifs is 1. The Morgan fingerprint density at radius 1 is 1.00 bits per heavy atom. The minimum Gasteiger partial charge on any atom is -0.440 e. The van der Waals surface area contributed by atoms with Gasteiger partial charge in [-0.15, -0.1) is 0 Å². The highest BCUT2D eigenvalue weighted by Gasteiger charge is 2.29. The molecule has 2 aliphatic rings. The highest BCUT2D eigenvalue weighted by Crippen LogP contribution is 2.40. The lowest BCUT2D eigenvalue weighted by molar-refractivity contribution is 0.509. The fourth-order valence-corrected chi connectivity index (χ4v) is 5.31. The summed E-state index contributed by atoms with van der Waals surface area (Å²) in [6.07, 6.45) is 6.76. The van der Waals surface area contributed by atoms with Crippen molar-refractivity contribution >= 4 is 15.7 Å². The first kappa shape index (κ1) is 17.5. The van der Waals surface area contributed by atoms with Crippen molar-refractivity contribution in [3.63, 3.8) is 0 Å². The van der Waals surface area contributed by atoms with Crippen LogP contribution in [0.5, 0.6) is 0 Å². The van der Waals surface area contributed by atoms with E-state index in [2.05, 4.69) is 4.98 Å². The predicted octanol–water partition coefficient (Wildman–Crippen LogP) is 4.75. The molecule has 2 aromatic carbocycles. The van der Waals surface area contributed by atoms with Crippen LogP contribution in [-0.2, 0) is 16.4 Å². The number of para-hydroxylation sites is 1. The van der Waals surface area contributed by atoms with Gasteiger partial charge >= 0.3 is 0 Å². The summed E-state index contributed by atoms with van der Waals surface area (Å²) >= 11 is 0. The summed E-state index contributed by atoms with van der Waals surface area (Å²) in [4.78, 5) is 4.64. The minimum absolute atomic E-state index is 0.301. The summed E-state index contributed by atoms with van der Waals surface area (Å²) in [5.41, 5.74) is 2.73. The SMILES string of the molecule is O=S(=O)(c1ccc(-c2cnc(C3CC3)o2)cc1)N1CCCCc2ccccc21. The molecule has 1 aromatic heterocycles. The highest BCUT2D eigenvalue weighted by atomic mass is 32.2. The van der Waals surface area contributed by atoms with Crippen molar-refractivity contribution in [2.75, 3.05) is 10.8 Å². The summed E-state index contributed by atoms with van der Waals surface area (Å²) in [7, 11) is -3.61. The molecule has 0 atom stereocenters. The largest absolute Gasteiger partial charge is 0.440 e. The van der Waals surface area contributed by atoms with Crippen molar-refractivity contribution in [3.8, 4) is 11.3 Å². The third-order valence-corrected chi connectivity index (χ3v) is 7.32. The summed E-state index contributed by atoms with van der Waals surface area (Å²) in [5, 5.41) is 0. The van der Waals surface area contributed by atoms with Gasteiger partial charge in [0.25, 0.3) is 10.0 Å². The van der Waals surface area contributed by atoms with Crippen molar-refractivity contribution in [3.05, 3.63) is 66.2 Å². The second kappa shape index (κ2) is 6.78. The molecule has 5 rings (SSSR count). The first-order valence-corrected chi connectivity index (χ1v) is 11.2. The molecule has 144 valence electrons. The first-order chi connectivity index (χ1) is 13.6. The predicted molar refractivity (Wildman–Crippen MR) is 108 cm³/mol. The summed E-state index contributed by atoms with van der Waals surface area (Å²) < 4.78 is 34.1. The van der Waals surface area contributed by atoms with Gasteiger partial charge in [0.15, 0.2) is 11.7 Å². The van der Waals surface area contributed by atoms with E-state index in [4.69, 9.17) is 4.42 Å². The molecule has 1 saturated carbocycles. The summed E-state index contributed by atoms with van der Waals surface area (Å²) in [6, 6.07) is 14.7. The number of hydrogen-bond acceptors (Lipinski definition) is 4. The molecule has 5 nitrogen and oxygen atoms in total. The van der Waals surface area contributed by atoms with Crippen molar-refractivity contribution in [2.24, 2.45) is 0 Å². The second-order valence-electron chi connectivity index (χ2n) is 7.52. The number of benzene rings is 2. The molecule has 1 aliphatic heterocycles. The topological polar surface area (TPSA) is 63.4 Å². The van der Waals surface area contributed by atoms with Crippen LogP contribution >= 0.6 is 0 Å². The van der Waals surface area contributed by atoms with Gasteiger partial charge < -0.3 is 4.42 Å². The Morgan fingerprint density at radius 3 is 2.57 bits per heavy atom. The van der Waals surface area contributed by atoms with E-state index >= 15 is 0 Å². The standard InChI is InChI=1S/C22H22N2O3S/c25-28(26,24-14-4-3-6-16-5-1-2-7-20(16)24)19-12-10-17(11-13-19)21-15-23-22(27-21)18-8-9-18/h1-2,5,7,10-13,15,18H,3-4,6,8-9,14H2. The monoisotopic (exact) mass is 394 g/mol. The Hall–Kier alpha value is -2.60. The molecule has 28 heavy (non-hydrogen) atoms. The van der Waals surface area contributed by atoms with E-state index in [1.165, 1.54) is 0 Å². The lowest BCUT2D eigenvalue weighted by Gasteiger charge is -2.24. The fourth-order valence-electron chi connectivity index (χ4n) is 3.77. The molecule has 0 saturated heterocycles. The molecule has 3 aromatic rings. The molecule has 0 radical (unpaired) electrons. The van der Waals surface area contributed by atoms with Crippen molar-refractivity contribution in [2.45, 2.75) is 42.9 Å². The fraction of sp³-hybridized carbons (Fsp3) is 0.318. The lowest BCUT2D eigenvalue weighted by Crippen LogP contribution is -2.31. The molecule has 1 aliphatic carbocycles.